The summed E-state index contributed by atoms with van der Waals surface area (Å²) in [5, 5.41) is 3.39. The Kier molecular flexibility index (Phi) is 2.61. The molecule has 1 saturated carbocycles. The standard InChI is InChI=1S/C9H15NOS/c12-9-6-11-5-7-3-1-2-4-8(7)10-9/h7-8H,1-6H2,(H,10,12)/t7-,8+/m0/s1. The van der Waals surface area contributed by atoms with Crippen LogP contribution in [0.25, 0.3) is 0 Å². The Bertz CT molecular complexity index is 183. The highest BCUT2D eigenvalue weighted by Gasteiger charge is 2.27. The Hall–Kier alpha value is -0.150. The summed E-state index contributed by atoms with van der Waals surface area (Å²) >= 11 is 5.12. The van der Waals surface area contributed by atoms with E-state index in [2.05, 4.69) is 5.32 Å². The second-order valence-electron chi connectivity index (χ2n) is 3.73. The first-order valence-corrected chi connectivity index (χ1v) is 5.14. The molecule has 2 aliphatic rings. The molecule has 0 amide bonds. The number of thiocarbonyl (C=S) groups is 1. The highest BCUT2D eigenvalue weighted by Crippen LogP contribution is 2.25. The molecule has 0 bridgehead atoms. The van der Waals surface area contributed by atoms with Gasteiger partial charge in [0.05, 0.1) is 13.2 Å². The van der Waals surface area contributed by atoms with E-state index in [1.807, 2.05) is 0 Å². The van der Waals surface area contributed by atoms with Gasteiger partial charge in [-0.15, -0.1) is 0 Å². The van der Waals surface area contributed by atoms with E-state index >= 15 is 0 Å². The van der Waals surface area contributed by atoms with Crippen LogP contribution in [0, 0.1) is 5.92 Å². The largest absolute Gasteiger partial charge is 0.375 e. The summed E-state index contributed by atoms with van der Waals surface area (Å²) < 4.78 is 5.47. The van der Waals surface area contributed by atoms with E-state index in [-0.39, 0.29) is 0 Å². The number of fused-ring (bicyclic) bond motifs is 1. The van der Waals surface area contributed by atoms with Gasteiger partial charge in [0.25, 0.3) is 0 Å². The van der Waals surface area contributed by atoms with Gasteiger partial charge in [-0.1, -0.05) is 25.1 Å². The van der Waals surface area contributed by atoms with E-state index in [9.17, 15) is 0 Å². The molecule has 0 aromatic heterocycles. The average Bonchev–Trinajstić information content (AvgIpc) is 2.25. The van der Waals surface area contributed by atoms with Gasteiger partial charge in [0.15, 0.2) is 0 Å². The Morgan fingerprint density at radius 3 is 3.08 bits per heavy atom. The minimum absolute atomic E-state index is 0.605. The summed E-state index contributed by atoms with van der Waals surface area (Å²) in [6.07, 6.45) is 5.28. The molecule has 0 spiro atoms. The molecule has 1 aliphatic heterocycles. The van der Waals surface area contributed by atoms with E-state index in [1.54, 1.807) is 0 Å². The quantitative estimate of drug-likeness (QED) is 0.578. The van der Waals surface area contributed by atoms with Crippen LogP contribution >= 0.6 is 12.2 Å². The zero-order valence-corrected chi connectivity index (χ0v) is 8.03. The predicted molar refractivity (Wildman–Crippen MR) is 52.3 cm³/mol. The van der Waals surface area contributed by atoms with E-state index in [0.29, 0.717) is 18.6 Å². The predicted octanol–water partition coefficient (Wildman–Crippen LogP) is 1.49. The normalized spacial score (nSPS) is 36.5. The molecule has 0 aromatic carbocycles. The number of hydrogen-bond donors (Lipinski definition) is 1. The first kappa shape index (κ1) is 8.45. The van der Waals surface area contributed by atoms with E-state index < -0.39 is 0 Å². The van der Waals surface area contributed by atoms with E-state index in [0.717, 1.165) is 11.6 Å². The first-order valence-electron chi connectivity index (χ1n) is 4.73. The molecular formula is C9H15NOS. The maximum Gasteiger partial charge on any atom is 0.102 e. The van der Waals surface area contributed by atoms with Gasteiger partial charge in [-0.3, -0.25) is 0 Å². The van der Waals surface area contributed by atoms with Crippen molar-refractivity contribution in [1.82, 2.24) is 5.32 Å². The van der Waals surface area contributed by atoms with Crippen LogP contribution in [0.4, 0.5) is 0 Å². The molecule has 2 nitrogen and oxygen atoms in total. The smallest absolute Gasteiger partial charge is 0.102 e. The summed E-state index contributed by atoms with van der Waals surface area (Å²) in [5.41, 5.74) is 0. The van der Waals surface area contributed by atoms with Gasteiger partial charge in [-0.2, -0.15) is 0 Å². The van der Waals surface area contributed by atoms with Gasteiger partial charge < -0.3 is 10.1 Å². The third-order valence-electron chi connectivity index (χ3n) is 2.82. The number of nitrogens with one attached hydrogen (secondary N) is 1. The molecule has 68 valence electrons. The minimum atomic E-state index is 0.605. The van der Waals surface area contributed by atoms with Crippen molar-refractivity contribution in [1.29, 1.82) is 0 Å². The molecule has 3 heteroatoms. The van der Waals surface area contributed by atoms with Crippen molar-refractivity contribution < 1.29 is 4.74 Å². The third kappa shape index (κ3) is 1.77. The monoisotopic (exact) mass is 185 g/mol. The van der Waals surface area contributed by atoms with Crippen LogP contribution in [-0.2, 0) is 4.74 Å². The van der Waals surface area contributed by atoms with E-state index in [4.69, 9.17) is 17.0 Å². The summed E-state index contributed by atoms with van der Waals surface area (Å²) in [5.74, 6) is 0.708. The zero-order chi connectivity index (χ0) is 8.39. The maximum atomic E-state index is 5.47. The van der Waals surface area contributed by atoms with Crippen LogP contribution in [-0.4, -0.2) is 24.2 Å². The highest BCUT2D eigenvalue weighted by molar-refractivity contribution is 7.80. The molecule has 2 fully saturated rings. The fraction of sp³-hybridized carbons (Fsp3) is 0.889. The van der Waals surface area contributed by atoms with Gasteiger partial charge >= 0.3 is 0 Å². The second-order valence-corrected chi connectivity index (χ2v) is 4.23. The SMILES string of the molecule is S=C1COC[C@@H]2CCCC[C@H]2N1. The fourth-order valence-corrected chi connectivity index (χ4v) is 2.38. The van der Waals surface area contributed by atoms with Crippen LogP contribution in [0.1, 0.15) is 25.7 Å². The highest BCUT2D eigenvalue weighted by atomic mass is 32.1. The molecular weight excluding hydrogens is 170 g/mol. The Balaban J connectivity index is 2.01. The van der Waals surface area contributed by atoms with Crippen LogP contribution in [0.15, 0.2) is 0 Å². The number of hydrogen-bond acceptors (Lipinski definition) is 2. The van der Waals surface area contributed by atoms with Crippen LogP contribution < -0.4 is 5.32 Å². The van der Waals surface area contributed by atoms with Crippen LogP contribution in [0.3, 0.4) is 0 Å². The van der Waals surface area contributed by atoms with Crippen molar-refractivity contribution in [3.05, 3.63) is 0 Å². The summed E-state index contributed by atoms with van der Waals surface area (Å²) in [4.78, 5) is 0.893. The molecule has 1 saturated heterocycles. The maximum absolute atomic E-state index is 5.47. The lowest BCUT2D eigenvalue weighted by atomic mass is 9.85. The van der Waals surface area contributed by atoms with Crippen molar-refractivity contribution in [3.63, 3.8) is 0 Å². The molecule has 12 heavy (non-hydrogen) atoms. The topological polar surface area (TPSA) is 21.3 Å². The molecule has 2 atom stereocenters. The molecule has 1 N–H and O–H groups in total. The van der Waals surface area contributed by atoms with Crippen LogP contribution in [0.2, 0.25) is 0 Å². The Labute approximate surface area is 78.7 Å². The van der Waals surface area contributed by atoms with Crippen molar-refractivity contribution in [2.45, 2.75) is 31.7 Å². The summed E-state index contributed by atoms with van der Waals surface area (Å²) in [7, 11) is 0. The van der Waals surface area contributed by atoms with Gasteiger partial charge in [-0.25, -0.2) is 0 Å². The van der Waals surface area contributed by atoms with E-state index in [1.165, 1.54) is 25.7 Å². The molecule has 1 heterocycles. The van der Waals surface area contributed by atoms with Crippen molar-refractivity contribution in [3.8, 4) is 0 Å². The molecule has 0 radical (unpaired) electrons. The van der Waals surface area contributed by atoms with Crippen molar-refractivity contribution in [2.75, 3.05) is 13.2 Å². The Morgan fingerprint density at radius 1 is 1.33 bits per heavy atom. The summed E-state index contributed by atoms with van der Waals surface area (Å²) in [6.45, 7) is 1.53. The molecule has 2 rings (SSSR count). The molecule has 0 unspecified atom stereocenters. The zero-order valence-electron chi connectivity index (χ0n) is 7.21. The lowest BCUT2D eigenvalue weighted by molar-refractivity contribution is 0.113. The van der Waals surface area contributed by atoms with Crippen molar-refractivity contribution >= 4 is 17.2 Å². The number of rotatable bonds is 0. The number of ether oxygens (including phenoxy) is 1. The Morgan fingerprint density at radius 2 is 2.17 bits per heavy atom. The van der Waals surface area contributed by atoms with Crippen molar-refractivity contribution in [2.24, 2.45) is 5.92 Å². The molecule has 1 aliphatic carbocycles. The lowest BCUT2D eigenvalue weighted by Crippen LogP contribution is -2.40. The lowest BCUT2D eigenvalue weighted by Gasteiger charge is -2.29. The van der Waals surface area contributed by atoms with Gasteiger partial charge in [-0.05, 0) is 12.8 Å². The van der Waals surface area contributed by atoms with Gasteiger partial charge in [0.2, 0.25) is 0 Å². The summed E-state index contributed by atoms with van der Waals surface area (Å²) in [6, 6.07) is 0.605. The average molecular weight is 185 g/mol. The van der Waals surface area contributed by atoms with Crippen LogP contribution in [0.5, 0.6) is 0 Å². The first-order chi connectivity index (χ1) is 5.86. The molecule has 0 aromatic rings. The minimum Gasteiger partial charge on any atom is -0.375 e. The fourth-order valence-electron chi connectivity index (χ4n) is 2.15. The third-order valence-corrected chi connectivity index (χ3v) is 3.06. The van der Waals surface area contributed by atoms with Gasteiger partial charge in [0.1, 0.15) is 4.99 Å². The van der Waals surface area contributed by atoms with Gasteiger partial charge in [0, 0.05) is 12.0 Å². The second kappa shape index (κ2) is 3.71.